The predicted molar refractivity (Wildman–Crippen MR) is 286 cm³/mol. The average molecular weight is 1130 g/mol. The van der Waals surface area contributed by atoms with E-state index >= 15 is 0 Å². The molecule has 14 nitrogen and oxygen atoms in total. The van der Waals surface area contributed by atoms with E-state index in [-0.39, 0.29) is 68.2 Å². The van der Waals surface area contributed by atoms with E-state index in [4.69, 9.17) is 9.47 Å². The van der Waals surface area contributed by atoms with Gasteiger partial charge in [0, 0.05) is 53.7 Å². The standard InChI is InChI=1S/C30H30F4N4O3.C29H26F4N4O3/c1-17-13-19(9-10-20(17)25(39)14-18-7-8-18)24-16-36-28-23(35-12-11-30(32,33)34)15-26(37-38(24)28)29(2,40)21-5-4-6-22(31)27(21)41-3;1-16-12-18(8-9-19(16)25(38)13-17-6-7-17)24-15-35-28-23(34-11-10-29(31,32)33)14-22(36-37(24)28)26(39)20-4-3-5-21(30)27(20)40-2/h4-6,9-10,13,15-16,18,35,40H,7-8,11-12,14H2,1-3H3;3-5,8-9,12,14-15,17,34H,6-7,10-11,13H2,1-2H3. The number of anilines is 2. The molecule has 1 atom stereocenters. The Morgan fingerprint density at radius 1 is 0.630 bits per heavy atom. The van der Waals surface area contributed by atoms with Crippen molar-refractivity contribution in [2.24, 2.45) is 11.8 Å². The molecule has 4 aromatic heterocycles. The highest BCUT2D eigenvalue weighted by Crippen LogP contribution is 2.40. The number of aromatic nitrogens is 6. The van der Waals surface area contributed by atoms with Gasteiger partial charge in [-0.15, -0.1) is 0 Å². The number of imidazole rings is 2. The first-order valence-corrected chi connectivity index (χ1v) is 26.0. The Labute approximate surface area is 459 Å². The minimum Gasteiger partial charge on any atom is -0.493 e. The number of carbonyl (C=O) groups excluding carboxylic acids is 3. The summed E-state index contributed by atoms with van der Waals surface area (Å²) in [5.74, 6) is -1.50. The van der Waals surface area contributed by atoms with E-state index in [2.05, 4.69) is 30.8 Å². The highest BCUT2D eigenvalue weighted by molar-refractivity contribution is 6.10. The highest BCUT2D eigenvalue weighted by Gasteiger charge is 2.35. The summed E-state index contributed by atoms with van der Waals surface area (Å²) in [4.78, 5) is 47.6. The number of carbonyl (C=O) groups is 3. The average Bonchev–Trinajstić information content (AvgIpc) is 4.53. The molecule has 2 aliphatic rings. The molecular formula is C59H56F8N8O6. The fourth-order valence-electron chi connectivity index (χ4n) is 9.55. The number of methoxy groups -OCH3 is 2. The van der Waals surface area contributed by atoms with Gasteiger partial charge in [-0.05, 0) is 112 Å². The van der Waals surface area contributed by atoms with Crippen LogP contribution in [0.3, 0.4) is 0 Å². The Morgan fingerprint density at radius 3 is 1.57 bits per heavy atom. The van der Waals surface area contributed by atoms with Crippen LogP contribution in [-0.2, 0) is 5.60 Å². The molecule has 0 amide bonds. The van der Waals surface area contributed by atoms with Crippen molar-refractivity contribution in [1.29, 1.82) is 0 Å². The van der Waals surface area contributed by atoms with E-state index in [0.717, 1.165) is 42.9 Å². The van der Waals surface area contributed by atoms with Crippen molar-refractivity contribution >= 4 is 40.0 Å². The smallest absolute Gasteiger partial charge is 0.390 e. The lowest BCUT2D eigenvalue weighted by Crippen LogP contribution is -2.27. The van der Waals surface area contributed by atoms with Crippen LogP contribution in [0.15, 0.2) is 97.3 Å². The molecule has 8 aromatic rings. The van der Waals surface area contributed by atoms with Gasteiger partial charge in [-0.2, -0.15) is 36.5 Å². The first-order chi connectivity index (χ1) is 38.4. The molecule has 424 valence electrons. The minimum atomic E-state index is -4.39. The number of halogens is 8. The molecule has 2 fully saturated rings. The summed E-state index contributed by atoms with van der Waals surface area (Å²) < 4.78 is 119. The molecule has 0 aliphatic heterocycles. The van der Waals surface area contributed by atoms with Crippen molar-refractivity contribution in [2.75, 3.05) is 37.9 Å². The summed E-state index contributed by atoms with van der Waals surface area (Å²) >= 11 is 0. The summed E-state index contributed by atoms with van der Waals surface area (Å²) in [6, 6.07) is 21.3. The van der Waals surface area contributed by atoms with Crippen LogP contribution in [0.2, 0.25) is 0 Å². The van der Waals surface area contributed by atoms with Crippen LogP contribution in [0.25, 0.3) is 33.8 Å². The van der Waals surface area contributed by atoms with Crippen LogP contribution in [-0.4, -0.2) is 91.3 Å². The van der Waals surface area contributed by atoms with E-state index in [1.807, 2.05) is 26.0 Å². The molecule has 0 bridgehead atoms. The van der Waals surface area contributed by atoms with Gasteiger partial charge >= 0.3 is 12.4 Å². The second-order valence-electron chi connectivity index (χ2n) is 20.5. The second kappa shape index (κ2) is 23.1. The van der Waals surface area contributed by atoms with Gasteiger partial charge in [0.25, 0.3) is 0 Å². The molecule has 4 aromatic carbocycles. The molecule has 3 N–H and O–H groups in total. The van der Waals surface area contributed by atoms with Gasteiger partial charge in [0.1, 0.15) is 11.3 Å². The zero-order valence-corrected chi connectivity index (χ0v) is 44.7. The van der Waals surface area contributed by atoms with E-state index in [0.29, 0.717) is 58.3 Å². The lowest BCUT2D eigenvalue weighted by molar-refractivity contribution is -0.132. The number of rotatable bonds is 20. The molecule has 10 rings (SSSR count). The largest absolute Gasteiger partial charge is 0.493 e. The lowest BCUT2D eigenvalue weighted by atomic mass is 9.91. The van der Waals surface area contributed by atoms with Gasteiger partial charge in [0.15, 0.2) is 46.0 Å². The fourth-order valence-corrected chi connectivity index (χ4v) is 9.55. The number of hydrogen-bond acceptors (Lipinski definition) is 12. The zero-order chi connectivity index (χ0) is 58.1. The molecule has 0 radical (unpaired) electrons. The van der Waals surface area contributed by atoms with E-state index in [9.17, 15) is 54.6 Å². The summed E-state index contributed by atoms with van der Waals surface area (Å²) in [6.45, 7) is 4.18. The van der Waals surface area contributed by atoms with Crippen molar-refractivity contribution in [3.8, 4) is 34.0 Å². The number of hydrogen-bond donors (Lipinski definition) is 3. The van der Waals surface area contributed by atoms with Crippen LogP contribution >= 0.6 is 0 Å². The van der Waals surface area contributed by atoms with Gasteiger partial charge < -0.3 is 25.2 Å². The van der Waals surface area contributed by atoms with Crippen molar-refractivity contribution in [1.82, 2.24) is 29.2 Å². The maximum absolute atomic E-state index is 14.5. The highest BCUT2D eigenvalue weighted by atomic mass is 19.4. The van der Waals surface area contributed by atoms with Gasteiger partial charge in [-0.1, -0.05) is 42.5 Å². The van der Waals surface area contributed by atoms with Crippen LogP contribution in [0.5, 0.6) is 11.5 Å². The van der Waals surface area contributed by atoms with Gasteiger partial charge in [0.05, 0.1) is 73.5 Å². The van der Waals surface area contributed by atoms with E-state index in [1.54, 1.807) is 24.3 Å². The Kier molecular flexibility index (Phi) is 16.4. The number of Topliss-reactive ketones (excluding diaryl/α,β-unsaturated/α-hetero) is 2. The number of aryl methyl sites for hydroxylation is 2. The Hall–Kier alpha value is -8.27. The third-order valence-electron chi connectivity index (χ3n) is 14.2. The number of ketones is 3. The molecule has 4 heterocycles. The molecular weight excluding hydrogens is 1070 g/mol. The maximum Gasteiger partial charge on any atom is 0.390 e. The molecule has 0 spiro atoms. The topological polar surface area (TPSA) is 174 Å². The summed E-state index contributed by atoms with van der Waals surface area (Å²) in [6.07, 6.45) is -2.63. The monoisotopic (exact) mass is 1120 g/mol. The lowest BCUT2D eigenvalue weighted by Gasteiger charge is -2.26. The van der Waals surface area contributed by atoms with Crippen molar-refractivity contribution in [2.45, 2.75) is 90.1 Å². The van der Waals surface area contributed by atoms with Crippen molar-refractivity contribution in [3.63, 3.8) is 0 Å². The van der Waals surface area contributed by atoms with Crippen LogP contribution in [0.1, 0.15) is 117 Å². The van der Waals surface area contributed by atoms with Crippen LogP contribution in [0.4, 0.5) is 46.5 Å². The van der Waals surface area contributed by atoms with Gasteiger partial charge in [-0.3, -0.25) is 14.4 Å². The van der Waals surface area contributed by atoms with Gasteiger partial charge in [0.2, 0.25) is 5.78 Å². The number of aliphatic hydroxyl groups is 1. The number of nitrogens with zero attached hydrogens (tertiary/aromatic N) is 6. The Balaban J connectivity index is 0.000000196. The second-order valence-corrected chi connectivity index (χ2v) is 20.5. The van der Waals surface area contributed by atoms with Crippen molar-refractivity contribution < 1.29 is 64.1 Å². The molecule has 0 saturated heterocycles. The Morgan fingerprint density at radius 2 is 1.10 bits per heavy atom. The third kappa shape index (κ3) is 13.0. The van der Waals surface area contributed by atoms with E-state index in [1.165, 1.54) is 85.0 Å². The number of para-hydroxylation sites is 2. The van der Waals surface area contributed by atoms with Gasteiger partial charge in [-0.25, -0.2) is 27.8 Å². The zero-order valence-electron chi connectivity index (χ0n) is 44.7. The number of alkyl halides is 6. The SMILES string of the molecule is COc1c(F)cccc1C(=O)c1cc(NCCC(F)(F)F)c2ncc(-c3ccc(C(=O)CC4CC4)c(C)c3)n2n1.COc1c(F)cccc1C(C)(O)c1cc(NCCC(F)(F)F)c2ncc(-c3ccc(C(=O)CC4CC4)c(C)c3)n2n1. The summed E-state index contributed by atoms with van der Waals surface area (Å²) in [7, 11) is 2.50. The molecule has 2 saturated carbocycles. The molecule has 1 unspecified atom stereocenters. The Bertz CT molecular complexity index is 3700. The normalized spacial score (nSPS) is 14.3. The summed E-state index contributed by atoms with van der Waals surface area (Å²) in [5, 5.41) is 26.2. The first-order valence-electron chi connectivity index (χ1n) is 26.0. The number of ether oxygens (including phenoxy) is 2. The summed E-state index contributed by atoms with van der Waals surface area (Å²) in [5.41, 5.74) is 3.82. The molecule has 81 heavy (non-hydrogen) atoms. The van der Waals surface area contributed by atoms with Crippen LogP contribution in [0, 0.1) is 37.3 Å². The number of fused-ring (bicyclic) bond motifs is 2. The quantitative estimate of drug-likeness (QED) is 0.0487. The third-order valence-corrected chi connectivity index (χ3v) is 14.2. The molecule has 2 aliphatic carbocycles. The fraction of sp³-hybridized carbons (Fsp3) is 0.339. The minimum absolute atomic E-state index is 0.0237. The molecule has 22 heteroatoms. The maximum atomic E-state index is 14.5. The number of nitrogens with one attached hydrogen (secondary N) is 2. The number of benzene rings is 4. The van der Waals surface area contributed by atoms with Crippen LogP contribution < -0.4 is 20.1 Å². The first kappa shape index (κ1) is 57.4. The van der Waals surface area contributed by atoms with E-state index < -0.39 is 61.3 Å². The predicted octanol–water partition coefficient (Wildman–Crippen LogP) is 12.9. The van der Waals surface area contributed by atoms with Crippen molar-refractivity contribution in [3.05, 3.63) is 154 Å².